The Morgan fingerprint density at radius 3 is 2.62 bits per heavy atom. The fourth-order valence-electron chi connectivity index (χ4n) is 1.38. The average Bonchev–Trinajstić information content (AvgIpc) is 2.29. The molecule has 0 bridgehead atoms. The molecule has 0 aliphatic carbocycles. The highest BCUT2D eigenvalue weighted by atomic mass is 79.9. The maximum Gasteiger partial charge on any atom is 0.160 e. The lowest BCUT2D eigenvalue weighted by Crippen LogP contribution is -2.10. The van der Waals surface area contributed by atoms with Crippen LogP contribution in [-0.4, -0.2) is 20.5 Å². The Kier molecular flexibility index (Phi) is 6.38. The predicted molar refractivity (Wildman–Crippen MR) is 69.4 cm³/mol. The number of hydrogen-bond acceptors (Lipinski definition) is 2. The Morgan fingerprint density at radius 1 is 1.25 bits per heavy atom. The van der Waals surface area contributed by atoms with Crippen LogP contribution in [0.15, 0.2) is 40.9 Å². The van der Waals surface area contributed by atoms with Gasteiger partial charge in [-0.2, -0.15) is 0 Å². The molecule has 0 radical (unpaired) electrons. The van der Waals surface area contributed by atoms with Gasteiger partial charge in [-0.1, -0.05) is 40.2 Å². The van der Waals surface area contributed by atoms with Crippen molar-refractivity contribution in [2.45, 2.75) is 19.1 Å². The number of ether oxygens (including phenoxy) is 2. The molecule has 2 nitrogen and oxygen atoms in total. The summed E-state index contributed by atoms with van der Waals surface area (Å²) >= 11 is 3.45. The SMILES string of the molecule is COC(C/C=C\Cc1cccc(Br)c1)OC. The smallest absolute Gasteiger partial charge is 0.160 e. The largest absolute Gasteiger partial charge is 0.356 e. The van der Waals surface area contributed by atoms with Crippen LogP contribution in [0.5, 0.6) is 0 Å². The van der Waals surface area contributed by atoms with Crippen LogP contribution < -0.4 is 0 Å². The van der Waals surface area contributed by atoms with Crippen LogP contribution in [0.3, 0.4) is 0 Å². The summed E-state index contributed by atoms with van der Waals surface area (Å²) in [5, 5.41) is 0. The van der Waals surface area contributed by atoms with Crippen molar-refractivity contribution in [3.05, 3.63) is 46.5 Å². The highest BCUT2D eigenvalue weighted by Crippen LogP contribution is 2.12. The van der Waals surface area contributed by atoms with E-state index in [1.807, 2.05) is 12.1 Å². The molecule has 0 amide bonds. The Morgan fingerprint density at radius 2 is 2.00 bits per heavy atom. The summed E-state index contributed by atoms with van der Waals surface area (Å²) in [6.07, 6.45) is 5.78. The van der Waals surface area contributed by atoms with Crippen LogP contribution in [-0.2, 0) is 15.9 Å². The minimum Gasteiger partial charge on any atom is -0.356 e. The van der Waals surface area contributed by atoms with Gasteiger partial charge in [0.25, 0.3) is 0 Å². The van der Waals surface area contributed by atoms with Crippen molar-refractivity contribution >= 4 is 15.9 Å². The number of hydrogen-bond donors (Lipinski definition) is 0. The highest BCUT2D eigenvalue weighted by Gasteiger charge is 2.00. The molecule has 0 unspecified atom stereocenters. The van der Waals surface area contributed by atoms with Crippen LogP contribution in [0.4, 0.5) is 0 Å². The van der Waals surface area contributed by atoms with Crippen molar-refractivity contribution in [3.8, 4) is 0 Å². The van der Waals surface area contributed by atoms with Crippen LogP contribution >= 0.6 is 15.9 Å². The molecular weight excluding hydrogens is 268 g/mol. The molecule has 0 aliphatic heterocycles. The van der Waals surface area contributed by atoms with Crippen molar-refractivity contribution in [1.82, 2.24) is 0 Å². The standard InChI is InChI=1S/C13H17BrO2/c1-15-13(16-2)9-4-3-6-11-7-5-8-12(14)10-11/h3-5,7-8,10,13H,6,9H2,1-2H3/b4-3-. The molecule has 1 aromatic carbocycles. The van der Waals surface area contributed by atoms with E-state index in [2.05, 4.69) is 40.2 Å². The monoisotopic (exact) mass is 284 g/mol. The van der Waals surface area contributed by atoms with Gasteiger partial charge in [0.1, 0.15) is 0 Å². The van der Waals surface area contributed by atoms with Crippen molar-refractivity contribution in [2.75, 3.05) is 14.2 Å². The maximum atomic E-state index is 5.09. The highest BCUT2D eigenvalue weighted by molar-refractivity contribution is 9.10. The summed E-state index contributed by atoms with van der Waals surface area (Å²) in [7, 11) is 3.30. The average molecular weight is 285 g/mol. The minimum atomic E-state index is -0.140. The second-order valence-corrected chi connectivity index (χ2v) is 4.36. The molecule has 0 aliphatic rings. The van der Waals surface area contributed by atoms with E-state index in [1.165, 1.54) is 5.56 Å². The maximum absolute atomic E-state index is 5.09. The first-order valence-corrected chi connectivity index (χ1v) is 6.00. The molecule has 0 atom stereocenters. The molecule has 3 heteroatoms. The predicted octanol–water partition coefficient (Wildman–Crippen LogP) is 3.56. The Labute approximate surface area is 105 Å². The first kappa shape index (κ1) is 13.4. The summed E-state index contributed by atoms with van der Waals surface area (Å²) in [6, 6.07) is 8.30. The molecule has 0 saturated carbocycles. The van der Waals surface area contributed by atoms with Gasteiger partial charge in [-0.05, 0) is 24.1 Å². The van der Waals surface area contributed by atoms with Crippen LogP contribution in [0.1, 0.15) is 12.0 Å². The lowest BCUT2D eigenvalue weighted by Gasteiger charge is -2.09. The third-order valence-corrected chi connectivity index (χ3v) is 2.76. The van der Waals surface area contributed by atoms with E-state index in [0.29, 0.717) is 0 Å². The van der Waals surface area contributed by atoms with Crippen LogP contribution in [0.25, 0.3) is 0 Å². The molecule has 0 saturated heterocycles. The molecule has 1 rings (SSSR count). The number of rotatable bonds is 6. The molecule has 88 valence electrons. The lowest BCUT2D eigenvalue weighted by molar-refractivity contribution is -0.0986. The van der Waals surface area contributed by atoms with Gasteiger partial charge < -0.3 is 9.47 Å². The molecule has 0 fully saturated rings. The van der Waals surface area contributed by atoms with Gasteiger partial charge in [-0.25, -0.2) is 0 Å². The number of allylic oxidation sites excluding steroid dienone is 1. The van der Waals surface area contributed by atoms with E-state index >= 15 is 0 Å². The molecule has 0 N–H and O–H groups in total. The molecule has 0 heterocycles. The summed E-state index contributed by atoms with van der Waals surface area (Å²) in [5.74, 6) is 0. The van der Waals surface area contributed by atoms with Crippen molar-refractivity contribution in [2.24, 2.45) is 0 Å². The quantitative estimate of drug-likeness (QED) is 0.588. The normalized spacial score (nSPS) is 11.5. The summed E-state index contributed by atoms with van der Waals surface area (Å²) in [5.41, 5.74) is 1.29. The first-order valence-electron chi connectivity index (χ1n) is 5.21. The fourth-order valence-corrected chi connectivity index (χ4v) is 1.83. The Bertz CT molecular complexity index is 332. The molecule has 0 spiro atoms. The van der Waals surface area contributed by atoms with Crippen LogP contribution in [0, 0.1) is 0 Å². The van der Waals surface area contributed by atoms with Crippen molar-refractivity contribution < 1.29 is 9.47 Å². The Balaban J connectivity index is 2.36. The number of benzene rings is 1. The zero-order chi connectivity index (χ0) is 11.8. The third-order valence-electron chi connectivity index (χ3n) is 2.26. The molecule has 0 aromatic heterocycles. The molecular formula is C13H17BrO2. The number of halogens is 1. The minimum absolute atomic E-state index is 0.140. The molecule has 1 aromatic rings. The van der Waals surface area contributed by atoms with E-state index in [4.69, 9.17) is 9.47 Å². The second kappa shape index (κ2) is 7.60. The summed E-state index contributed by atoms with van der Waals surface area (Å²) < 4.78 is 11.3. The number of methoxy groups -OCH3 is 2. The van der Waals surface area contributed by atoms with Gasteiger partial charge in [0.15, 0.2) is 6.29 Å². The third kappa shape index (κ3) is 4.92. The van der Waals surface area contributed by atoms with E-state index in [1.54, 1.807) is 14.2 Å². The van der Waals surface area contributed by atoms with E-state index in [-0.39, 0.29) is 6.29 Å². The van der Waals surface area contributed by atoms with E-state index in [9.17, 15) is 0 Å². The zero-order valence-corrected chi connectivity index (χ0v) is 11.2. The van der Waals surface area contributed by atoms with E-state index in [0.717, 1.165) is 17.3 Å². The fraction of sp³-hybridized carbons (Fsp3) is 0.385. The van der Waals surface area contributed by atoms with Crippen LogP contribution in [0.2, 0.25) is 0 Å². The van der Waals surface area contributed by atoms with Crippen molar-refractivity contribution in [3.63, 3.8) is 0 Å². The second-order valence-electron chi connectivity index (χ2n) is 3.44. The summed E-state index contributed by atoms with van der Waals surface area (Å²) in [6.45, 7) is 0. The topological polar surface area (TPSA) is 18.5 Å². The van der Waals surface area contributed by atoms with Gasteiger partial charge in [0.05, 0.1) is 0 Å². The van der Waals surface area contributed by atoms with Gasteiger partial charge in [0, 0.05) is 25.1 Å². The van der Waals surface area contributed by atoms with Crippen molar-refractivity contribution in [1.29, 1.82) is 0 Å². The van der Waals surface area contributed by atoms with Gasteiger partial charge >= 0.3 is 0 Å². The lowest BCUT2D eigenvalue weighted by atomic mass is 10.1. The van der Waals surface area contributed by atoms with Gasteiger partial charge in [-0.3, -0.25) is 0 Å². The molecule has 16 heavy (non-hydrogen) atoms. The summed E-state index contributed by atoms with van der Waals surface area (Å²) in [4.78, 5) is 0. The first-order chi connectivity index (χ1) is 7.76. The Hall–Kier alpha value is -0.640. The van der Waals surface area contributed by atoms with Gasteiger partial charge in [0.2, 0.25) is 0 Å². The van der Waals surface area contributed by atoms with Gasteiger partial charge in [-0.15, -0.1) is 0 Å². The van der Waals surface area contributed by atoms with E-state index < -0.39 is 0 Å². The zero-order valence-electron chi connectivity index (χ0n) is 9.65.